The first kappa shape index (κ1) is 38.4. The molecule has 0 atom stereocenters. The number of hydrogen-bond acceptors (Lipinski definition) is 0. The Bertz CT molecular complexity index is 4830. The molecular weight excluding hydrogens is 863 g/mol. The van der Waals surface area contributed by atoms with Crippen molar-refractivity contribution in [3.63, 3.8) is 0 Å². The summed E-state index contributed by atoms with van der Waals surface area (Å²) in [6.07, 6.45) is 0. The molecule has 5 aromatic heterocycles. The van der Waals surface area contributed by atoms with Crippen molar-refractivity contribution in [1.29, 1.82) is 0 Å². The van der Waals surface area contributed by atoms with E-state index >= 15 is 0 Å². The Hall–Kier alpha value is -9.58. The van der Waals surface area contributed by atoms with Gasteiger partial charge in [-0.1, -0.05) is 146 Å². The number of para-hydroxylation sites is 7. The van der Waals surface area contributed by atoms with E-state index in [0.29, 0.717) is 0 Å². The molecule has 11 aromatic carbocycles. The quantitative estimate of drug-likeness (QED) is 0.164. The van der Waals surface area contributed by atoms with Crippen LogP contribution in [0.3, 0.4) is 0 Å². The third kappa shape index (κ3) is 5.29. The molecule has 71 heavy (non-hydrogen) atoms. The van der Waals surface area contributed by atoms with Crippen molar-refractivity contribution in [3.05, 3.63) is 249 Å². The minimum Gasteiger partial charge on any atom is -0.309 e. The van der Waals surface area contributed by atoms with E-state index in [1.54, 1.807) is 0 Å². The van der Waals surface area contributed by atoms with Crippen LogP contribution in [0, 0.1) is 0 Å². The van der Waals surface area contributed by atoms with Gasteiger partial charge in [0.05, 0.1) is 55.2 Å². The highest BCUT2D eigenvalue weighted by molar-refractivity contribution is 6.26. The van der Waals surface area contributed by atoms with Crippen molar-refractivity contribution in [3.8, 4) is 28.4 Å². The van der Waals surface area contributed by atoms with Crippen LogP contribution in [-0.4, -0.2) is 22.8 Å². The lowest BCUT2D eigenvalue weighted by Crippen LogP contribution is -1.99. The summed E-state index contributed by atoms with van der Waals surface area (Å²) in [4.78, 5) is 0. The van der Waals surface area contributed by atoms with Crippen molar-refractivity contribution in [2.24, 2.45) is 0 Å². The molecule has 330 valence electrons. The van der Waals surface area contributed by atoms with E-state index in [1.165, 1.54) is 109 Å². The summed E-state index contributed by atoms with van der Waals surface area (Å²) in [6.45, 7) is 0. The van der Waals surface area contributed by atoms with Crippen LogP contribution in [0.1, 0.15) is 0 Å². The van der Waals surface area contributed by atoms with E-state index in [2.05, 4.69) is 272 Å². The Kier molecular flexibility index (Phi) is 7.82. The number of fused-ring (bicyclic) bond motifs is 16. The average molecular weight is 904 g/mol. The lowest BCUT2D eigenvalue weighted by Gasteiger charge is -2.14. The SMILES string of the molecule is c1ccc(-n2c3ccccc3c3ccc4c(c5ccccc5n4-c4cccc(-n5c6ccccc6c6cc7c(cc65)c5ccccc5n7-c5cccc(-n6c7ccccc7c7ccccc76)c5)c4)c32)cc1. The Balaban J connectivity index is 0.919. The van der Waals surface area contributed by atoms with Crippen LogP contribution in [0.4, 0.5) is 0 Å². The smallest absolute Gasteiger partial charge is 0.0641 e. The lowest BCUT2D eigenvalue weighted by atomic mass is 10.1. The zero-order chi connectivity index (χ0) is 46.3. The van der Waals surface area contributed by atoms with Gasteiger partial charge >= 0.3 is 0 Å². The first-order chi connectivity index (χ1) is 35.3. The molecule has 0 saturated carbocycles. The fraction of sp³-hybridized carbons (Fsp3) is 0. The number of benzene rings is 11. The van der Waals surface area contributed by atoms with Crippen molar-refractivity contribution in [2.75, 3.05) is 0 Å². The third-order valence-electron chi connectivity index (χ3n) is 15.2. The van der Waals surface area contributed by atoms with E-state index in [4.69, 9.17) is 0 Å². The van der Waals surface area contributed by atoms with Crippen LogP contribution in [0.2, 0.25) is 0 Å². The normalized spacial score (nSPS) is 12.2. The number of nitrogens with zero attached hydrogens (tertiary/aromatic N) is 5. The van der Waals surface area contributed by atoms with Gasteiger partial charge in [0.15, 0.2) is 0 Å². The van der Waals surface area contributed by atoms with Gasteiger partial charge in [-0.2, -0.15) is 0 Å². The molecule has 0 radical (unpaired) electrons. The molecule has 0 fully saturated rings. The second-order valence-corrected chi connectivity index (χ2v) is 18.9. The van der Waals surface area contributed by atoms with Crippen molar-refractivity contribution < 1.29 is 0 Å². The molecule has 0 aliphatic carbocycles. The minimum absolute atomic E-state index is 1.11. The van der Waals surface area contributed by atoms with Crippen LogP contribution in [0.5, 0.6) is 0 Å². The molecule has 0 unspecified atom stereocenters. The van der Waals surface area contributed by atoms with Crippen molar-refractivity contribution in [1.82, 2.24) is 22.8 Å². The first-order valence-electron chi connectivity index (χ1n) is 24.4. The van der Waals surface area contributed by atoms with Crippen LogP contribution in [0.15, 0.2) is 249 Å². The second kappa shape index (κ2) is 14.5. The Morgan fingerprint density at radius 1 is 0.169 bits per heavy atom. The van der Waals surface area contributed by atoms with Gasteiger partial charge in [0.25, 0.3) is 0 Å². The predicted octanol–water partition coefficient (Wildman–Crippen LogP) is 17.2. The van der Waals surface area contributed by atoms with Crippen LogP contribution in [-0.2, 0) is 0 Å². The molecule has 0 bridgehead atoms. The van der Waals surface area contributed by atoms with Crippen LogP contribution >= 0.6 is 0 Å². The van der Waals surface area contributed by atoms with Gasteiger partial charge in [-0.3, -0.25) is 0 Å². The molecule has 0 saturated heterocycles. The van der Waals surface area contributed by atoms with Gasteiger partial charge in [-0.05, 0) is 103 Å². The van der Waals surface area contributed by atoms with E-state index in [0.717, 1.165) is 28.4 Å². The summed E-state index contributed by atoms with van der Waals surface area (Å²) in [7, 11) is 0. The molecule has 5 heterocycles. The largest absolute Gasteiger partial charge is 0.309 e. The molecule has 0 spiro atoms. The fourth-order valence-electron chi connectivity index (χ4n) is 12.4. The number of rotatable bonds is 5. The highest BCUT2D eigenvalue weighted by Gasteiger charge is 2.23. The molecule has 5 heteroatoms. The lowest BCUT2D eigenvalue weighted by molar-refractivity contribution is 1.13. The topological polar surface area (TPSA) is 24.6 Å². The van der Waals surface area contributed by atoms with Gasteiger partial charge in [-0.25, -0.2) is 0 Å². The third-order valence-corrected chi connectivity index (χ3v) is 15.2. The summed E-state index contributed by atoms with van der Waals surface area (Å²) in [5, 5.41) is 12.4. The standard InChI is InChI=1S/C66H41N5/c1-2-18-42(19-3-1)71-60-34-14-6-26-49(60)52-36-37-62-65(66(52)71)53-29-9-15-35-61(53)68(62)44-21-17-23-46(39-44)70-59-33-13-8-28-51(59)55-40-63-54(41-64(55)70)50-27-7-12-32-58(50)69(63)45-22-16-20-43(38-45)67-56-30-10-4-24-47(56)48-25-5-11-31-57(48)67/h1-41H. The maximum Gasteiger partial charge on any atom is 0.0641 e. The summed E-state index contributed by atoms with van der Waals surface area (Å²) < 4.78 is 12.3. The summed E-state index contributed by atoms with van der Waals surface area (Å²) in [5.41, 5.74) is 17.5. The molecule has 0 amide bonds. The van der Waals surface area contributed by atoms with Gasteiger partial charge in [0.1, 0.15) is 0 Å². The fourth-order valence-corrected chi connectivity index (χ4v) is 12.4. The first-order valence-corrected chi connectivity index (χ1v) is 24.4. The summed E-state index contributed by atoms with van der Waals surface area (Å²) in [5.74, 6) is 0. The van der Waals surface area contributed by atoms with Gasteiger partial charge in [-0.15, -0.1) is 0 Å². The number of aromatic nitrogens is 5. The van der Waals surface area contributed by atoms with E-state index in [1.807, 2.05) is 0 Å². The van der Waals surface area contributed by atoms with E-state index in [-0.39, 0.29) is 0 Å². The Labute approximate surface area is 407 Å². The molecular formula is C66H41N5. The average Bonchev–Trinajstić information content (AvgIpc) is 4.22. The van der Waals surface area contributed by atoms with Crippen LogP contribution < -0.4 is 0 Å². The zero-order valence-electron chi connectivity index (χ0n) is 38.4. The summed E-state index contributed by atoms with van der Waals surface area (Å²) in [6, 6.07) is 91.5. The van der Waals surface area contributed by atoms with Crippen molar-refractivity contribution in [2.45, 2.75) is 0 Å². The molecule has 16 rings (SSSR count). The van der Waals surface area contributed by atoms with Crippen LogP contribution in [0.25, 0.3) is 137 Å². The second-order valence-electron chi connectivity index (χ2n) is 18.9. The molecule has 5 nitrogen and oxygen atoms in total. The van der Waals surface area contributed by atoms with Gasteiger partial charge in [0, 0.05) is 82.3 Å². The molecule has 0 aliphatic heterocycles. The Morgan fingerprint density at radius 3 is 0.958 bits per heavy atom. The predicted molar refractivity (Wildman–Crippen MR) is 298 cm³/mol. The Morgan fingerprint density at radius 2 is 0.493 bits per heavy atom. The molecule has 0 aliphatic rings. The summed E-state index contributed by atoms with van der Waals surface area (Å²) >= 11 is 0. The highest BCUT2D eigenvalue weighted by atomic mass is 15.0. The molecule has 0 N–H and O–H groups in total. The molecule has 16 aromatic rings. The zero-order valence-corrected chi connectivity index (χ0v) is 38.4. The highest BCUT2D eigenvalue weighted by Crippen LogP contribution is 2.44. The minimum atomic E-state index is 1.11. The van der Waals surface area contributed by atoms with Gasteiger partial charge in [0.2, 0.25) is 0 Å². The van der Waals surface area contributed by atoms with Crippen molar-refractivity contribution >= 4 is 109 Å². The van der Waals surface area contributed by atoms with Gasteiger partial charge < -0.3 is 22.8 Å². The van der Waals surface area contributed by atoms with E-state index in [9.17, 15) is 0 Å². The maximum absolute atomic E-state index is 2.47. The van der Waals surface area contributed by atoms with E-state index < -0.39 is 0 Å². The monoisotopic (exact) mass is 903 g/mol. The maximum atomic E-state index is 2.47. The number of hydrogen-bond donors (Lipinski definition) is 0.